The Morgan fingerprint density at radius 2 is 1.95 bits per heavy atom. The van der Waals surface area contributed by atoms with Crippen molar-refractivity contribution in [2.75, 3.05) is 19.7 Å². The van der Waals surface area contributed by atoms with Crippen LogP contribution in [0.3, 0.4) is 0 Å². The first-order valence-electron chi connectivity index (χ1n) is 13.3. The maximum atomic E-state index is 13.2. The predicted molar refractivity (Wildman–Crippen MR) is 138 cm³/mol. The Kier molecular flexibility index (Phi) is 5.36. The van der Waals surface area contributed by atoms with Crippen LogP contribution in [-0.2, 0) is 28.1 Å². The van der Waals surface area contributed by atoms with Crippen LogP contribution in [0.2, 0.25) is 0 Å². The maximum absolute atomic E-state index is 13.2. The van der Waals surface area contributed by atoms with Crippen LogP contribution < -0.4 is 10.1 Å². The van der Waals surface area contributed by atoms with Crippen LogP contribution in [0.25, 0.3) is 11.3 Å². The van der Waals surface area contributed by atoms with Gasteiger partial charge in [0.05, 0.1) is 12.3 Å². The Labute approximate surface area is 220 Å². The minimum absolute atomic E-state index is 0.0519. The third-order valence-electron chi connectivity index (χ3n) is 8.66. The quantitative estimate of drug-likeness (QED) is 0.522. The molecule has 0 bridgehead atoms. The molecule has 2 fully saturated rings. The van der Waals surface area contributed by atoms with Crippen LogP contribution in [0.15, 0.2) is 48.7 Å². The van der Waals surface area contributed by atoms with E-state index in [0.29, 0.717) is 25.1 Å². The highest BCUT2D eigenvalue weighted by atomic mass is 16.5. The number of piperidine rings is 2. The molecule has 194 valence electrons. The molecule has 9 nitrogen and oxygen atoms in total. The molecule has 0 saturated carbocycles. The van der Waals surface area contributed by atoms with E-state index in [1.807, 2.05) is 12.1 Å². The van der Waals surface area contributed by atoms with Gasteiger partial charge in [-0.1, -0.05) is 18.2 Å². The number of carbonyl (C=O) groups excluding carboxylic acids is 3. The Hall–Kier alpha value is -3.98. The topological polar surface area (TPSA) is 108 Å². The fraction of sp³-hybridized carbons (Fsp3) is 0.379. The molecule has 9 heteroatoms. The van der Waals surface area contributed by atoms with E-state index in [-0.39, 0.29) is 29.6 Å². The number of amides is 3. The molecule has 2 aromatic carbocycles. The lowest BCUT2D eigenvalue weighted by molar-refractivity contribution is -0.136. The number of aromatic amines is 1. The summed E-state index contributed by atoms with van der Waals surface area (Å²) in [6.45, 7) is 3.86. The van der Waals surface area contributed by atoms with E-state index in [0.717, 1.165) is 55.0 Å². The normalized spacial score (nSPS) is 22.4. The van der Waals surface area contributed by atoms with Crippen molar-refractivity contribution in [3.05, 3.63) is 70.9 Å². The molecule has 4 aliphatic rings. The summed E-state index contributed by atoms with van der Waals surface area (Å²) in [5.74, 6) is -0.0244. The van der Waals surface area contributed by atoms with E-state index in [9.17, 15) is 14.4 Å². The molecule has 2 saturated heterocycles. The number of nitrogens with one attached hydrogen (secondary N) is 2. The van der Waals surface area contributed by atoms with Crippen LogP contribution in [0.5, 0.6) is 5.75 Å². The second kappa shape index (κ2) is 8.80. The molecule has 7 rings (SSSR count). The van der Waals surface area contributed by atoms with Gasteiger partial charge in [0, 0.05) is 42.2 Å². The monoisotopic (exact) mass is 511 g/mol. The summed E-state index contributed by atoms with van der Waals surface area (Å²) in [4.78, 5) is 41.3. The number of hydrogen-bond donors (Lipinski definition) is 2. The molecule has 1 unspecified atom stereocenters. The van der Waals surface area contributed by atoms with E-state index in [1.165, 1.54) is 11.1 Å². The van der Waals surface area contributed by atoms with Crippen molar-refractivity contribution in [1.29, 1.82) is 0 Å². The molecule has 3 amide bonds. The third-order valence-corrected chi connectivity index (χ3v) is 8.66. The Balaban J connectivity index is 1.06. The molecule has 0 aliphatic carbocycles. The summed E-state index contributed by atoms with van der Waals surface area (Å²) in [7, 11) is 0. The van der Waals surface area contributed by atoms with Crippen LogP contribution in [0.4, 0.5) is 0 Å². The molecular formula is C29H29N5O4. The average Bonchev–Trinajstić information content (AvgIpc) is 3.65. The lowest BCUT2D eigenvalue weighted by atomic mass is 9.74. The summed E-state index contributed by atoms with van der Waals surface area (Å²) in [5.41, 5.74) is 6.13. The Morgan fingerprint density at radius 3 is 2.74 bits per heavy atom. The fourth-order valence-corrected chi connectivity index (χ4v) is 6.49. The molecule has 0 radical (unpaired) electrons. The average molecular weight is 512 g/mol. The maximum Gasteiger partial charge on any atom is 0.255 e. The molecular weight excluding hydrogens is 482 g/mol. The summed E-state index contributed by atoms with van der Waals surface area (Å²) in [6, 6.07) is 14.0. The van der Waals surface area contributed by atoms with Crippen molar-refractivity contribution in [2.24, 2.45) is 0 Å². The van der Waals surface area contributed by atoms with Gasteiger partial charge in [0.1, 0.15) is 11.8 Å². The second-order valence-electron chi connectivity index (χ2n) is 10.9. The second-order valence-corrected chi connectivity index (χ2v) is 10.9. The van der Waals surface area contributed by atoms with Gasteiger partial charge >= 0.3 is 0 Å². The van der Waals surface area contributed by atoms with Crippen molar-refractivity contribution in [3.63, 3.8) is 0 Å². The molecule has 3 aromatic rings. The van der Waals surface area contributed by atoms with Crippen LogP contribution >= 0.6 is 0 Å². The number of likely N-dealkylation sites (tertiary alicyclic amines) is 1. The lowest BCUT2D eigenvalue weighted by Gasteiger charge is -2.38. The number of ether oxygens (including phenoxy) is 1. The van der Waals surface area contributed by atoms with Gasteiger partial charge in [0.2, 0.25) is 11.8 Å². The Bertz CT molecular complexity index is 1440. The van der Waals surface area contributed by atoms with Gasteiger partial charge < -0.3 is 9.64 Å². The molecule has 5 heterocycles. The zero-order chi connectivity index (χ0) is 25.9. The van der Waals surface area contributed by atoms with Crippen molar-refractivity contribution in [2.45, 2.75) is 50.2 Å². The van der Waals surface area contributed by atoms with Gasteiger partial charge in [-0.25, -0.2) is 0 Å². The van der Waals surface area contributed by atoms with Crippen molar-refractivity contribution < 1.29 is 19.1 Å². The number of rotatable bonds is 4. The third kappa shape index (κ3) is 3.80. The predicted octanol–water partition coefficient (Wildman–Crippen LogP) is 2.76. The highest BCUT2D eigenvalue weighted by Crippen LogP contribution is 2.48. The minimum Gasteiger partial charge on any atom is -0.492 e. The van der Waals surface area contributed by atoms with Crippen molar-refractivity contribution >= 4 is 17.7 Å². The molecule has 1 atom stereocenters. The zero-order valence-corrected chi connectivity index (χ0v) is 21.0. The first-order chi connectivity index (χ1) is 18.5. The van der Waals surface area contributed by atoms with Gasteiger partial charge in [-0.15, -0.1) is 0 Å². The van der Waals surface area contributed by atoms with Crippen LogP contribution in [0, 0.1) is 0 Å². The van der Waals surface area contributed by atoms with Crippen LogP contribution in [0.1, 0.15) is 52.7 Å². The van der Waals surface area contributed by atoms with E-state index >= 15 is 0 Å². The highest BCUT2D eigenvalue weighted by Gasteiger charge is 2.46. The number of hydrogen-bond acceptors (Lipinski definition) is 6. The van der Waals surface area contributed by atoms with Crippen molar-refractivity contribution in [1.82, 2.24) is 25.3 Å². The summed E-state index contributed by atoms with van der Waals surface area (Å²) in [6.07, 6.45) is 4.37. The van der Waals surface area contributed by atoms with Gasteiger partial charge in [0.15, 0.2) is 0 Å². The molecule has 1 spiro atoms. The number of aromatic nitrogens is 2. The van der Waals surface area contributed by atoms with Gasteiger partial charge in [-0.2, -0.15) is 5.10 Å². The van der Waals surface area contributed by atoms with Crippen molar-refractivity contribution in [3.8, 4) is 17.0 Å². The highest BCUT2D eigenvalue weighted by molar-refractivity contribution is 6.05. The summed E-state index contributed by atoms with van der Waals surface area (Å²) < 4.78 is 6.17. The summed E-state index contributed by atoms with van der Waals surface area (Å²) in [5, 5.41) is 9.47. The number of carbonyl (C=O) groups is 3. The number of nitrogens with zero attached hydrogens (tertiary/aromatic N) is 3. The molecule has 2 N–H and O–H groups in total. The van der Waals surface area contributed by atoms with E-state index in [2.05, 4.69) is 50.7 Å². The van der Waals surface area contributed by atoms with E-state index in [1.54, 1.807) is 11.1 Å². The van der Waals surface area contributed by atoms with Crippen LogP contribution in [-0.4, -0.2) is 63.5 Å². The Morgan fingerprint density at radius 1 is 1.08 bits per heavy atom. The standard InChI is InChI=1S/C29H29N5O4/c35-26-5-4-24(27(36)31-26)34-16-20-13-22-25(14-21(20)28(34)37)38-17-29(22)7-10-33(11-8-29)15-18-2-1-3-19(12-18)23-6-9-30-32-23/h1-3,6,9,12-14,24H,4-5,7-8,10-11,15-17H2,(H,30,32)(H,31,35,36). The van der Waals surface area contributed by atoms with E-state index in [4.69, 9.17) is 4.74 Å². The smallest absolute Gasteiger partial charge is 0.255 e. The minimum atomic E-state index is -0.604. The fourth-order valence-electron chi connectivity index (χ4n) is 6.49. The zero-order valence-electron chi connectivity index (χ0n) is 21.0. The number of fused-ring (bicyclic) bond motifs is 3. The molecule has 38 heavy (non-hydrogen) atoms. The van der Waals surface area contributed by atoms with Gasteiger partial charge in [0.25, 0.3) is 5.91 Å². The van der Waals surface area contributed by atoms with Gasteiger partial charge in [-0.3, -0.25) is 29.7 Å². The SMILES string of the molecule is O=C1CCC(N2Cc3cc4c(cc3C2=O)OCC42CCN(Cc3cccc(-c4ccn[nH]4)c3)CC2)C(=O)N1. The number of H-pyrrole nitrogens is 1. The first-order valence-corrected chi connectivity index (χ1v) is 13.3. The largest absolute Gasteiger partial charge is 0.492 e. The molecule has 4 aliphatic heterocycles. The lowest BCUT2D eigenvalue weighted by Crippen LogP contribution is -2.52. The first kappa shape index (κ1) is 23.2. The summed E-state index contributed by atoms with van der Waals surface area (Å²) >= 11 is 0. The molecule has 1 aromatic heterocycles. The number of imide groups is 1. The van der Waals surface area contributed by atoms with E-state index < -0.39 is 6.04 Å². The number of benzene rings is 2. The van der Waals surface area contributed by atoms with Gasteiger partial charge in [-0.05, 0) is 73.3 Å².